The Bertz CT molecular complexity index is 153. The Kier molecular flexibility index (Phi) is 4.85. The van der Waals surface area contributed by atoms with Crippen molar-refractivity contribution < 1.29 is 9.47 Å². The van der Waals surface area contributed by atoms with Crippen molar-refractivity contribution in [2.24, 2.45) is 0 Å². The van der Waals surface area contributed by atoms with E-state index in [0.717, 1.165) is 19.4 Å². The summed E-state index contributed by atoms with van der Waals surface area (Å²) in [4.78, 5) is 0. The van der Waals surface area contributed by atoms with E-state index in [9.17, 15) is 0 Å². The second-order valence-corrected chi connectivity index (χ2v) is 4.37. The largest absolute Gasteiger partial charge is 0.376 e. The van der Waals surface area contributed by atoms with Crippen molar-refractivity contribution in [2.45, 2.75) is 58.0 Å². The van der Waals surface area contributed by atoms with Crippen LogP contribution in [0.1, 0.15) is 33.6 Å². The zero-order valence-electron chi connectivity index (χ0n) is 9.75. The fraction of sp³-hybridized carbons (Fsp3) is 1.00. The third-order valence-electron chi connectivity index (χ3n) is 2.73. The number of nitrogens with one attached hydrogen (secondary N) is 1. The number of rotatable bonds is 4. The summed E-state index contributed by atoms with van der Waals surface area (Å²) in [5.74, 6) is 0. The molecule has 1 fully saturated rings. The maximum Gasteiger partial charge on any atom is 0.0625 e. The van der Waals surface area contributed by atoms with Crippen molar-refractivity contribution in [3.8, 4) is 0 Å². The van der Waals surface area contributed by atoms with Gasteiger partial charge in [0.1, 0.15) is 0 Å². The van der Waals surface area contributed by atoms with Crippen molar-refractivity contribution in [3.05, 3.63) is 0 Å². The highest BCUT2D eigenvalue weighted by atomic mass is 16.5. The Labute approximate surface area is 87.2 Å². The molecule has 0 spiro atoms. The van der Waals surface area contributed by atoms with Crippen LogP contribution in [0.2, 0.25) is 0 Å². The predicted molar refractivity (Wildman–Crippen MR) is 57.5 cm³/mol. The standard InChI is InChI=1S/C11H23NO2/c1-8(12-4)7-13-11-5-9(2)14-10(3)6-11/h8-12H,5-7H2,1-4H3. The highest BCUT2D eigenvalue weighted by Crippen LogP contribution is 2.21. The molecule has 0 bridgehead atoms. The average molecular weight is 201 g/mol. The molecular weight excluding hydrogens is 178 g/mol. The molecule has 0 saturated carbocycles. The summed E-state index contributed by atoms with van der Waals surface area (Å²) in [6.07, 6.45) is 3.12. The van der Waals surface area contributed by atoms with E-state index in [0.29, 0.717) is 24.4 Å². The van der Waals surface area contributed by atoms with E-state index >= 15 is 0 Å². The van der Waals surface area contributed by atoms with E-state index in [1.165, 1.54) is 0 Å². The fourth-order valence-corrected chi connectivity index (χ4v) is 1.84. The normalized spacial score (nSPS) is 35.6. The van der Waals surface area contributed by atoms with Crippen LogP contribution >= 0.6 is 0 Å². The van der Waals surface area contributed by atoms with Gasteiger partial charge in [0.2, 0.25) is 0 Å². The Morgan fingerprint density at radius 2 is 1.93 bits per heavy atom. The van der Waals surface area contributed by atoms with Crippen LogP contribution < -0.4 is 5.32 Å². The SMILES string of the molecule is CNC(C)COC1CC(C)OC(C)C1. The Balaban J connectivity index is 2.23. The summed E-state index contributed by atoms with van der Waals surface area (Å²) in [5, 5.41) is 3.17. The van der Waals surface area contributed by atoms with Crippen LogP contribution in [0, 0.1) is 0 Å². The summed E-state index contributed by atoms with van der Waals surface area (Å²) in [6, 6.07) is 0.434. The monoisotopic (exact) mass is 201 g/mol. The average Bonchev–Trinajstić information content (AvgIpc) is 2.12. The first-order valence-electron chi connectivity index (χ1n) is 5.56. The van der Waals surface area contributed by atoms with Crippen molar-refractivity contribution in [1.29, 1.82) is 0 Å². The maximum absolute atomic E-state index is 5.83. The lowest BCUT2D eigenvalue weighted by molar-refractivity contribution is -0.104. The van der Waals surface area contributed by atoms with Gasteiger partial charge < -0.3 is 14.8 Å². The number of ether oxygens (including phenoxy) is 2. The molecule has 3 heteroatoms. The molecule has 14 heavy (non-hydrogen) atoms. The predicted octanol–water partition coefficient (Wildman–Crippen LogP) is 1.57. The Morgan fingerprint density at radius 3 is 2.43 bits per heavy atom. The van der Waals surface area contributed by atoms with Crippen LogP contribution in [-0.4, -0.2) is 38.0 Å². The Morgan fingerprint density at radius 1 is 1.36 bits per heavy atom. The van der Waals surface area contributed by atoms with Gasteiger partial charge in [0, 0.05) is 6.04 Å². The van der Waals surface area contributed by atoms with Gasteiger partial charge in [-0.25, -0.2) is 0 Å². The van der Waals surface area contributed by atoms with Gasteiger partial charge in [0.15, 0.2) is 0 Å². The summed E-state index contributed by atoms with van der Waals surface area (Å²) in [7, 11) is 1.96. The first-order valence-corrected chi connectivity index (χ1v) is 5.56. The smallest absolute Gasteiger partial charge is 0.0625 e. The minimum Gasteiger partial charge on any atom is -0.376 e. The van der Waals surface area contributed by atoms with Crippen molar-refractivity contribution in [1.82, 2.24) is 5.32 Å². The molecule has 1 aliphatic heterocycles. The van der Waals surface area contributed by atoms with Crippen molar-refractivity contribution >= 4 is 0 Å². The molecule has 0 aromatic carbocycles. The van der Waals surface area contributed by atoms with Crippen LogP contribution in [0.25, 0.3) is 0 Å². The minimum absolute atomic E-state index is 0.341. The molecule has 0 radical (unpaired) electrons. The lowest BCUT2D eigenvalue weighted by Crippen LogP contribution is -2.37. The molecule has 84 valence electrons. The van der Waals surface area contributed by atoms with Gasteiger partial charge in [-0.2, -0.15) is 0 Å². The molecule has 1 rings (SSSR count). The van der Waals surface area contributed by atoms with Crippen LogP contribution in [0.5, 0.6) is 0 Å². The van der Waals surface area contributed by atoms with Crippen molar-refractivity contribution in [2.75, 3.05) is 13.7 Å². The summed E-state index contributed by atoms with van der Waals surface area (Å²) >= 11 is 0. The minimum atomic E-state index is 0.341. The van der Waals surface area contributed by atoms with Crippen LogP contribution in [0.3, 0.4) is 0 Å². The highest BCUT2D eigenvalue weighted by Gasteiger charge is 2.24. The third-order valence-corrected chi connectivity index (χ3v) is 2.73. The molecule has 1 saturated heterocycles. The van der Waals surface area contributed by atoms with Gasteiger partial charge in [0.25, 0.3) is 0 Å². The molecule has 0 aliphatic carbocycles. The van der Waals surface area contributed by atoms with Crippen LogP contribution in [0.4, 0.5) is 0 Å². The molecule has 1 N–H and O–H groups in total. The molecule has 1 heterocycles. The first kappa shape index (κ1) is 12.0. The van der Waals surface area contributed by atoms with Gasteiger partial charge >= 0.3 is 0 Å². The lowest BCUT2D eigenvalue weighted by atomic mass is 10.0. The van der Waals surface area contributed by atoms with E-state index in [1.54, 1.807) is 0 Å². The van der Waals surface area contributed by atoms with E-state index in [1.807, 2.05) is 7.05 Å². The summed E-state index contributed by atoms with van der Waals surface area (Å²) in [6.45, 7) is 7.16. The van der Waals surface area contributed by atoms with Crippen molar-refractivity contribution in [3.63, 3.8) is 0 Å². The van der Waals surface area contributed by atoms with E-state index in [4.69, 9.17) is 9.47 Å². The highest BCUT2D eigenvalue weighted by molar-refractivity contribution is 4.74. The lowest BCUT2D eigenvalue weighted by Gasteiger charge is -2.32. The number of hydrogen-bond acceptors (Lipinski definition) is 3. The fourth-order valence-electron chi connectivity index (χ4n) is 1.84. The molecular formula is C11H23NO2. The van der Waals surface area contributed by atoms with Crippen LogP contribution in [0.15, 0.2) is 0 Å². The molecule has 1 aliphatic rings. The second kappa shape index (κ2) is 5.69. The van der Waals surface area contributed by atoms with Gasteiger partial charge in [-0.05, 0) is 40.7 Å². The van der Waals surface area contributed by atoms with Gasteiger partial charge in [-0.15, -0.1) is 0 Å². The van der Waals surface area contributed by atoms with Gasteiger partial charge in [-0.1, -0.05) is 0 Å². The Hall–Kier alpha value is -0.120. The topological polar surface area (TPSA) is 30.5 Å². The molecule has 3 atom stereocenters. The summed E-state index contributed by atoms with van der Waals surface area (Å²) in [5.41, 5.74) is 0. The maximum atomic E-state index is 5.83. The second-order valence-electron chi connectivity index (χ2n) is 4.37. The molecule has 0 aromatic rings. The third kappa shape index (κ3) is 3.95. The molecule has 3 unspecified atom stereocenters. The molecule has 0 amide bonds. The van der Waals surface area contributed by atoms with Gasteiger partial charge in [-0.3, -0.25) is 0 Å². The van der Waals surface area contributed by atoms with E-state index < -0.39 is 0 Å². The zero-order valence-corrected chi connectivity index (χ0v) is 9.75. The number of hydrogen-bond donors (Lipinski definition) is 1. The van der Waals surface area contributed by atoms with Crippen LogP contribution in [-0.2, 0) is 9.47 Å². The molecule has 3 nitrogen and oxygen atoms in total. The first-order chi connectivity index (χ1) is 6.61. The quantitative estimate of drug-likeness (QED) is 0.749. The van der Waals surface area contributed by atoms with E-state index in [-0.39, 0.29) is 0 Å². The molecule has 0 aromatic heterocycles. The van der Waals surface area contributed by atoms with Gasteiger partial charge in [0.05, 0.1) is 24.9 Å². The zero-order chi connectivity index (χ0) is 10.6. The number of likely N-dealkylation sites (N-methyl/N-ethyl adjacent to an activating group) is 1. The van der Waals surface area contributed by atoms with E-state index in [2.05, 4.69) is 26.1 Å². The summed E-state index contributed by atoms with van der Waals surface area (Å²) < 4.78 is 11.5.